The zero-order valence-electron chi connectivity index (χ0n) is 12.7. The molecule has 0 saturated carbocycles. The first-order valence-electron chi connectivity index (χ1n) is 7.28. The number of aromatic nitrogens is 2. The van der Waals surface area contributed by atoms with Gasteiger partial charge in [-0.1, -0.05) is 6.07 Å². The average molecular weight is 372 g/mol. The van der Waals surface area contributed by atoms with Crippen molar-refractivity contribution in [3.05, 3.63) is 47.1 Å². The third-order valence-corrected chi connectivity index (χ3v) is 5.38. The molecule has 0 amide bonds. The summed E-state index contributed by atoms with van der Waals surface area (Å²) in [4.78, 5) is 9.99. The highest BCUT2D eigenvalue weighted by atomic mass is 35.5. The van der Waals surface area contributed by atoms with E-state index in [1.807, 2.05) is 4.90 Å². The highest BCUT2D eigenvalue weighted by Crippen LogP contribution is 2.21. The van der Waals surface area contributed by atoms with E-state index in [1.54, 1.807) is 6.07 Å². The van der Waals surface area contributed by atoms with E-state index in [4.69, 9.17) is 16.3 Å². The first-order chi connectivity index (χ1) is 11.4. The highest BCUT2D eigenvalue weighted by Gasteiger charge is 2.20. The quantitative estimate of drug-likeness (QED) is 0.766. The maximum absolute atomic E-state index is 13.3. The van der Waals surface area contributed by atoms with Crippen LogP contribution in [0, 0.1) is 5.82 Å². The lowest BCUT2D eigenvalue weighted by Gasteiger charge is -2.28. The Balaban J connectivity index is 1.88. The smallest absolute Gasteiger partial charge is 0.224 e. The van der Waals surface area contributed by atoms with Crippen LogP contribution in [-0.4, -0.2) is 44.7 Å². The van der Waals surface area contributed by atoms with Crippen molar-refractivity contribution in [2.24, 2.45) is 0 Å². The van der Waals surface area contributed by atoms with Crippen LogP contribution >= 0.6 is 11.6 Å². The molecule has 24 heavy (non-hydrogen) atoms. The Morgan fingerprint density at radius 2 is 1.96 bits per heavy atom. The second-order valence-electron chi connectivity index (χ2n) is 5.30. The lowest BCUT2D eigenvalue weighted by Crippen LogP contribution is -2.36. The molecule has 0 N–H and O–H groups in total. The molecule has 3 rings (SSSR count). The molecule has 0 aliphatic carbocycles. The summed E-state index contributed by atoms with van der Waals surface area (Å²) in [5.74, 6) is -0.427. The van der Waals surface area contributed by atoms with Crippen LogP contribution in [0.25, 0.3) is 0 Å². The number of nitrogens with zero attached hydrogens (tertiary/aromatic N) is 3. The predicted octanol–water partition coefficient (Wildman–Crippen LogP) is 2.08. The first kappa shape index (κ1) is 17.1. The van der Waals surface area contributed by atoms with Crippen LogP contribution in [0.2, 0.25) is 5.28 Å². The molecule has 2 heterocycles. The molecule has 2 aromatic rings. The summed E-state index contributed by atoms with van der Waals surface area (Å²) in [5, 5.41) is -0.0246. The van der Waals surface area contributed by atoms with Crippen molar-refractivity contribution in [2.75, 3.05) is 31.2 Å². The van der Waals surface area contributed by atoms with Crippen LogP contribution in [0.15, 0.2) is 35.2 Å². The number of morpholine rings is 1. The van der Waals surface area contributed by atoms with Crippen molar-refractivity contribution in [1.82, 2.24) is 9.97 Å². The fourth-order valence-corrected chi connectivity index (χ4v) is 3.90. The Morgan fingerprint density at radius 3 is 2.67 bits per heavy atom. The molecule has 1 fully saturated rings. The molecule has 1 aromatic carbocycles. The van der Waals surface area contributed by atoms with Gasteiger partial charge in [0.15, 0.2) is 9.84 Å². The third kappa shape index (κ3) is 4.00. The Bertz CT molecular complexity index is 842. The van der Waals surface area contributed by atoms with E-state index in [2.05, 4.69) is 9.97 Å². The summed E-state index contributed by atoms with van der Waals surface area (Å²) < 4.78 is 43.5. The van der Waals surface area contributed by atoms with Crippen LogP contribution in [-0.2, 0) is 20.3 Å². The average Bonchev–Trinajstić information content (AvgIpc) is 2.55. The van der Waals surface area contributed by atoms with Gasteiger partial charge in [-0.25, -0.2) is 22.8 Å². The summed E-state index contributed by atoms with van der Waals surface area (Å²) in [6, 6.07) is 6.48. The van der Waals surface area contributed by atoms with Gasteiger partial charge in [0.05, 0.1) is 29.6 Å². The van der Waals surface area contributed by atoms with Crippen molar-refractivity contribution < 1.29 is 17.5 Å². The lowest BCUT2D eigenvalue weighted by molar-refractivity contribution is 0.122. The van der Waals surface area contributed by atoms with E-state index in [-0.39, 0.29) is 21.6 Å². The maximum atomic E-state index is 13.3. The van der Waals surface area contributed by atoms with Crippen LogP contribution < -0.4 is 4.90 Å². The summed E-state index contributed by atoms with van der Waals surface area (Å²) in [6.07, 6.45) is 0. The number of sulfone groups is 1. The number of hydrogen-bond donors (Lipinski definition) is 0. The number of anilines is 1. The first-order valence-corrected chi connectivity index (χ1v) is 9.31. The minimum absolute atomic E-state index is 0.0246. The van der Waals surface area contributed by atoms with Crippen LogP contribution in [0.3, 0.4) is 0 Å². The Labute approximate surface area is 144 Å². The van der Waals surface area contributed by atoms with E-state index in [0.717, 1.165) is 6.07 Å². The monoisotopic (exact) mass is 371 g/mol. The largest absolute Gasteiger partial charge is 0.378 e. The molecule has 0 spiro atoms. The van der Waals surface area contributed by atoms with Crippen LogP contribution in [0.5, 0.6) is 0 Å². The van der Waals surface area contributed by atoms with Gasteiger partial charge in [0, 0.05) is 19.2 Å². The molecule has 128 valence electrons. The van der Waals surface area contributed by atoms with Gasteiger partial charge in [-0.2, -0.15) is 0 Å². The minimum Gasteiger partial charge on any atom is -0.378 e. The number of rotatable bonds is 4. The number of benzene rings is 1. The molecular formula is C15H15ClFN3O3S. The third-order valence-electron chi connectivity index (χ3n) is 3.57. The summed E-state index contributed by atoms with van der Waals surface area (Å²) in [5.41, 5.74) is 0.265. The normalized spacial score (nSPS) is 15.5. The fourth-order valence-electron chi connectivity index (χ4n) is 2.42. The summed E-state index contributed by atoms with van der Waals surface area (Å²) in [6.45, 7) is 2.42. The Morgan fingerprint density at radius 1 is 1.21 bits per heavy atom. The van der Waals surface area contributed by atoms with Gasteiger partial charge in [-0.15, -0.1) is 0 Å². The summed E-state index contributed by atoms with van der Waals surface area (Å²) >= 11 is 5.93. The lowest BCUT2D eigenvalue weighted by atomic mass is 10.3. The molecule has 1 aliphatic rings. The van der Waals surface area contributed by atoms with Gasteiger partial charge >= 0.3 is 0 Å². The second kappa shape index (κ2) is 7.00. The zero-order valence-corrected chi connectivity index (χ0v) is 14.2. The predicted molar refractivity (Wildman–Crippen MR) is 87.4 cm³/mol. The van der Waals surface area contributed by atoms with Gasteiger partial charge in [-0.05, 0) is 29.8 Å². The van der Waals surface area contributed by atoms with Crippen molar-refractivity contribution >= 4 is 27.3 Å². The molecule has 0 bridgehead atoms. The van der Waals surface area contributed by atoms with E-state index >= 15 is 0 Å². The molecule has 1 aliphatic heterocycles. The molecule has 6 nitrogen and oxygen atoms in total. The fraction of sp³-hybridized carbons (Fsp3) is 0.333. The molecule has 9 heteroatoms. The molecule has 0 radical (unpaired) electrons. The zero-order chi connectivity index (χ0) is 17.2. The van der Waals surface area contributed by atoms with Crippen molar-refractivity contribution in [3.8, 4) is 0 Å². The maximum Gasteiger partial charge on any atom is 0.224 e. The minimum atomic E-state index is -3.73. The topological polar surface area (TPSA) is 72.4 Å². The number of hydrogen-bond acceptors (Lipinski definition) is 6. The van der Waals surface area contributed by atoms with Crippen LogP contribution in [0.1, 0.15) is 5.69 Å². The standard InChI is InChI=1S/C15H15ClFN3O3S/c16-15-18-12(9-14(19-15)20-4-6-23-7-5-20)10-24(21,22)13-3-1-2-11(17)8-13/h1-3,8-9H,4-7,10H2. The van der Waals surface area contributed by atoms with Gasteiger partial charge in [-0.3, -0.25) is 0 Å². The highest BCUT2D eigenvalue weighted by molar-refractivity contribution is 7.90. The Hall–Kier alpha value is -1.77. The van der Waals surface area contributed by atoms with E-state index < -0.39 is 15.7 Å². The SMILES string of the molecule is O=S(=O)(Cc1cc(N2CCOCC2)nc(Cl)n1)c1cccc(F)c1. The number of halogens is 2. The molecule has 0 atom stereocenters. The molecular weight excluding hydrogens is 357 g/mol. The van der Waals surface area contributed by atoms with Gasteiger partial charge in [0.1, 0.15) is 11.6 Å². The molecule has 0 unspecified atom stereocenters. The van der Waals surface area contributed by atoms with Crippen LogP contribution in [0.4, 0.5) is 10.2 Å². The Kier molecular flexibility index (Phi) is 4.98. The molecule has 1 saturated heterocycles. The van der Waals surface area contributed by atoms with E-state index in [0.29, 0.717) is 32.1 Å². The van der Waals surface area contributed by atoms with Gasteiger partial charge in [0.2, 0.25) is 5.28 Å². The second-order valence-corrected chi connectivity index (χ2v) is 7.63. The van der Waals surface area contributed by atoms with E-state index in [1.165, 1.54) is 18.2 Å². The molecule has 1 aromatic heterocycles. The van der Waals surface area contributed by atoms with Gasteiger partial charge < -0.3 is 9.64 Å². The van der Waals surface area contributed by atoms with Crippen molar-refractivity contribution in [2.45, 2.75) is 10.6 Å². The summed E-state index contributed by atoms with van der Waals surface area (Å²) in [7, 11) is -3.73. The number of ether oxygens (including phenoxy) is 1. The van der Waals surface area contributed by atoms with E-state index in [9.17, 15) is 12.8 Å². The van der Waals surface area contributed by atoms with Gasteiger partial charge in [0.25, 0.3) is 0 Å². The van der Waals surface area contributed by atoms with Crippen molar-refractivity contribution in [3.63, 3.8) is 0 Å². The van der Waals surface area contributed by atoms with Crippen molar-refractivity contribution in [1.29, 1.82) is 0 Å².